The van der Waals surface area contributed by atoms with Gasteiger partial charge in [0.1, 0.15) is 6.61 Å². The molecule has 1 aromatic rings. The Bertz CT molecular complexity index is 747. The van der Waals surface area contributed by atoms with Crippen molar-refractivity contribution in [2.75, 3.05) is 38.2 Å². The summed E-state index contributed by atoms with van der Waals surface area (Å²) in [5.41, 5.74) is 1.31. The van der Waals surface area contributed by atoms with Crippen LogP contribution in [0.15, 0.2) is 23.1 Å². The molecule has 0 atom stereocenters. The van der Waals surface area contributed by atoms with Gasteiger partial charge in [0.2, 0.25) is 21.8 Å². The summed E-state index contributed by atoms with van der Waals surface area (Å²) in [5, 5.41) is 2.66. The van der Waals surface area contributed by atoms with Crippen LogP contribution in [0, 0.1) is 0 Å². The van der Waals surface area contributed by atoms with Crippen molar-refractivity contribution in [3.8, 4) is 0 Å². The van der Waals surface area contributed by atoms with Gasteiger partial charge in [-0.05, 0) is 23.8 Å². The molecule has 0 aromatic heterocycles. The summed E-state index contributed by atoms with van der Waals surface area (Å²) in [4.78, 5) is 24.6. The van der Waals surface area contributed by atoms with Gasteiger partial charge < -0.3 is 15.0 Å². The van der Waals surface area contributed by atoms with Crippen LogP contribution >= 0.6 is 0 Å². The van der Waals surface area contributed by atoms with Gasteiger partial charge in [-0.15, -0.1) is 0 Å². The quantitative estimate of drug-likeness (QED) is 0.739. The second-order valence-corrected chi connectivity index (χ2v) is 7.14. The van der Waals surface area contributed by atoms with Gasteiger partial charge in [0, 0.05) is 25.3 Å². The van der Waals surface area contributed by atoms with Crippen LogP contribution in [0.25, 0.3) is 0 Å². The summed E-state index contributed by atoms with van der Waals surface area (Å²) in [5.74, 6) is -0.286. The van der Waals surface area contributed by atoms with Gasteiger partial charge in [0.05, 0.1) is 17.9 Å². The fourth-order valence-electron chi connectivity index (χ4n) is 2.56. The predicted molar refractivity (Wildman–Crippen MR) is 81.4 cm³/mol. The normalized spacial score (nSPS) is 18.0. The van der Waals surface area contributed by atoms with Crippen molar-refractivity contribution in [1.29, 1.82) is 0 Å². The molecule has 3 rings (SSSR count). The Kier molecular flexibility index (Phi) is 4.33. The van der Waals surface area contributed by atoms with Gasteiger partial charge in [0.25, 0.3) is 0 Å². The third-order valence-electron chi connectivity index (χ3n) is 3.77. The molecule has 2 amide bonds. The Morgan fingerprint density at radius 3 is 2.91 bits per heavy atom. The molecule has 2 N–H and O–H groups in total. The van der Waals surface area contributed by atoms with Crippen molar-refractivity contribution in [2.45, 2.75) is 11.3 Å². The Balaban J connectivity index is 1.62. The number of anilines is 1. The minimum absolute atomic E-state index is 0.0403. The van der Waals surface area contributed by atoms with E-state index in [0.717, 1.165) is 0 Å². The maximum atomic E-state index is 12.3. The van der Waals surface area contributed by atoms with Gasteiger partial charge >= 0.3 is 0 Å². The second-order valence-electron chi connectivity index (χ2n) is 5.38. The van der Waals surface area contributed by atoms with Crippen molar-refractivity contribution in [3.63, 3.8) is 0 Å². The minimum Gasteiger partial charge on any atom is -0.370 e. The van der Waals surface area contributed by atoms with Crippen molar-refractivity contribution in [3.05, 3.63) is 23.8 Å². The molecule has 1 fully saturated rings. The smallest absolute Gasteiger partial charge is 0.248 e. The highest BCUT2D eigenvalue weighted by Crippen LogP contribution is 2.25. The van der Waals surface area contributed by atoms with Crippen molar-refractivity contribution in [1.82, 2.24) is 9.62 Å². The molecule has 0 spiro atoms. The second kappa shape index (κ2) is 6.26. The molecule has 9 heteroatoms. The van der Waals surface area contributed by atoms with Crippen LogP contribution in [-0.2, 0) is 30.8 Å². The molecule has 0 radical (unpaired) electrons. The highest BCUT2D eigenvalue weighted by Gasteiger charge is 2.23. The minimum atomic E-state index is -3.68. The maximum absolute atomic E-state index is 12.3. The van der Waals surface area contributed by atoms with E-state index >= 15 is 0 Å². The van der Waals surface area contributed by atoms with Gasteiger partial charge in [-0.2, -0.15) is 0 Å². The molecule has 124 valence electrons. The summed E-state index contributed by atoms with van der Waals surface area (Å²) in [7, 11) is -3.68. The van der Waals surface area contributed by atoms with Crippen LogP contribution in [-0.4, -0.2) is 58.0 Å². The average Bonchev–Trinajstić information content (AvgIpc) is 2.88. The third-order valence-corrected chi connectivity index (χ3v) is 5.23. The number of benzene rings is 1. The van der Waals surface area contributed by atoms with E-state index in [4.69, 9.17) is 4.74 Å². The number of ether oxygens (including phenoxy) is 1. The molecular formula is C14H17N3O5S. The summed E-state index contributed by atoms with van der Waals surface area (Å²) in [6.45, 7) is 1.39. The average molecular weight is 339 g/mol. The molecule has 1 saturated heterocycles. The first-order chi connectivity index (χ1) is 11.0. The molecule has 1 aromatic carbocycles. The van der Waals surface area contributed by atoms with Crippen LogP contribution in [0.1, 0.15) is 5.56 Å². The number of carbonyl (C=O) groups is 2. The van der Waals surface area contributed by atoms with Gasteiger partial charge in [0.15, 0.2) is 0 Å². The first kappa shape index (κ1) is 15.9. The van der Waals surface area contributed by atoms with E-state index in [-0.39, 0.29) is 36.3 Å². The largest absolute Gasteiger partial charge is 0.370 e. The number of sulfonamides is 1. The number of hydrogen-bond donors (Lipinski definition) is 2. The van der Waals surface area contributed by atoms with Crippen LogP contribution < -0.4 is 10.0 Å². The summed E-state index contributed by atoms with van der Waals surface area (Å²) in [6.07, 6.45) is 0.182. The zero-order valence-electron chi connectivity index (χ0n) is 12.4. The van der Waals surface area contributed by atoms with E-state index in [0.29, 0.717) is 30.9 Å². The number of carbonyl (C=O) groups excluding carboxylic acids is 2. The van der Waals surface area contributed by atoms with Gasteiger partial charge in [-0.1, -0.05) is 0 Å². The molecule has 0 saturated carbocycles. The van der Waals surface area contributed by atoms with Crippen molar-refractivity contribution >= 4 is 27.5 Å². The Labute approximate surface area is 133 Å². The number of nitrogens with one attached hydrogen (secondary N) is 2. The molecule has 8 nitrogen and oxygen atoms in total. The van der Waals surface area contributed by atoms with E-state index in [1.807, 2.05) is 0 Å². The van der Waals surface area contributed by atoms with Gasteiger partial charge in [-0.25, -0.2) is 13.1 Å². The zero-order chi connectivity index (χ0) is 16.4. The monoisotopic (exact) mass is 339 g/mol. The summed E-state index contributed by atoms with van der Waals surface area (Å²) >= 11 is 0. The topological polar surface area (TPSA) is 105 Å². The highest BCUT2D eigenvalue weighted by molar-refractivity contribution is 7.89. The molecule has 23 heavy (non-hydrogen) atoms. The zero-order valence-corrected chi connectivity index (χ0v) is 13.2. The lowest BCUT2D eigenvalue weighted by Crippen LogP contribution is -2.45. The summed E-state index contributed by atoms with van der Waals surface area (Å²) in [6, 6.07) is 4.53. The van der Waals surface area contributed by atoms with Crippen molar-refractivity contribution < 1.29 is 22.7 Å². The fourth-order valence-corrected chi connectivity index (χ4v) is 3.63. The Morgan fingerprint density at radius 2 is 2.13 bits per heavy atom. The highest BCUT2D eigenvalue weighted by atomic mass is 32.2. The Hall–Kier alpha value is -1.97. The first-order valence-electron chi connectivity index (χ1n) is 7.24. The standard InChI is InChI=1S/C14H17N3O5S/c18-13-8-10-7-11(1-2-12(10)16-13)23(20,21)15-3-4-17-5-6-22-9-14(17)19/h1-2,7,15H,3-6,8-9H2,(H,16,18). The molecule has 2 aliphatic heterocycles. The van der Waals surface area contributed by atoms with E-state index in [1.165, 1.54) is 12.1 Å². The van der Waals surface area contributed by atoms with Crippen LogP contribution in [0.5, 0.6) is 0 Å². The van der Waals surface area contributed by atoms with Crippen LogP contribution in [0.4, 0.5) is 5.69 Å². The van der Waals surface area contributed by atoms with Gasteiger partial charge in [-0.3, -0.25) is 9.59 Å². The number of rotatable bonds is 5. The number of morpholine rings is 1. The molecule has 2 heterocycles. The lowest BCUT2D eigenvalue weighted by atomic mass is 10.2. The molecule has 0 bridgehead atoms. The number of amides is 2. The molecule has 0 aliphatic carbocycles. The molecule has 2 aliphatic rings. The van der Waals surface area contributed by atoms with Crippen molar-refractivity contribution in [2.24, 2.45) is 0 Å². The lowest BCUT2D eigenvalue weighted by Gasteiger charge is -2.26. The number of fused-ring (bicyclic) bond motifs is 1. The van der Waals surface area contributed by atoms with E-state index in [1.54, 1.807) is 11.0 Å². The van der Waals surface area contributed by atoms with Crippen LogP contribution in [0.3, 0.4) is 0 Å². The number of hydrogen-bond acceptors (Lipinski definition) is 5. The lowest BCUT2D eigenvalue weighted by molar-refractivity contribution is -0.142. The van der Waals surface area contributed by atoms with E-state index in [2.05, 4.69) is 10.0 Å². The Morgan fingerprint density at radius 1 is 1.30 bits per heavy atom. The maximum Gasteiger partial charge on any atom is 0.248 e. The predicted octanol–water partition coefficient (Wildman–Crippen LogP) is -0.682. The first-order valence-corrected chi connectivity index (χ1v) is 8.72. The van der Waals surface area contributed by atoms with E-state index in [9.17, 15) is 18.0 Å². The van der Waals surface area contributed by atoms with E-state index < -0.39 is 10.0 Å². The fraction of sp³-hybridized carbons (Fsp3) is 0.429. The SMILES string of the molecule is O=C1Cc2cc(S(=O)(=O)NCCN3CCOCC3=O)ccc2N1. The molecular weight excluding hydrogens is 322 g/mol. The summed E-state index contributed by atoms with van der Waals surface area (Å²) < 4.78 is 32.1. The third kappa shape index (κ3) is 3.52. The van der Waals surface area contributed by atoms with Crippen LogP contribution in [0.2, 0.25) is 0 Å². The molecule has 0 unspecified atom stereocenters. The number of nitrogens with zero attached hydrogens (tertiary/aromatic N) is 1.